The smallest absolute Gasteiger partial charge is 0.251 e. The van der Waals surface area contributed by atoms with Crippen molar-refractivity contribution in [2.45, 2.75) is 20.3 Å². The molecule has 0 unspecified atom stereocenters. The molecule has 0 heterocycles. The van der Waals surface area contributed by atoms with E-state index in [1.165, 1.54) is 6.92 Å². The van der Waals surface area contributed by atoms with Gasteiger partial charge in [0.2, 0.25) is 5.91 Å². The second-order valence-corrected chi connectivity index (χ2v) is 5.88. The normalized spacial score (nSPS) is 10.1. The zero-order valence-electron chi connectivity index (χ0n) is 15.0. The Kier molecular flexibility index (Phi) is 6.91. The summed E-state index contributed by atoms with van der Waals surface area (Å²) in [6.07, 6.45) is 0.870. The number of rotatable bonds is 8. The summed E-state index contributed by atoms with van der Waals surface area (Å²) in [6, 6.07) is 13.8. The Morgan fingerprint density at radius 2 is 1.58 bits per heavy atom. The predicted molar refractivity (Wildman–Crippen MR) is 103 cm³/mol. The molecule has 2 aromatic carbocycles. The number of amides is 2. The van der Waals surface area contributed by atoms with Gasteiger partial charge < -0.3 is 16.0 Å². The first-order valence-corrected chi connectivity index (χ1v) is 8.52. The third-order valence-corrected chi connectivity index (χ3v) is 3.67. The van der Waals surface area contributed by atoms with Gasteiger partial charge in [0.05, 0.1) is 6.54 Å². The molecule has 0 aliphatic carbocycles. The lowest BCUT2D eigenvalue weighted by Gasteiger charge is -2.10. The second kappa shape index (κ2) is 9.36. The Bertz CT molecular complexity index is 802. The van der Waals surface area contributed by atoms with E-state index in [0.29, 0.717) is 29.0 Å². The molecule has 2 rings (SSSR count). The molecule has 0 aliphatic rings. The molecule has 136 valence electrons. The molecule has 0 saturated heterocycles. The quantitative estimate of drug-likeness (QED) is 0.637. The Morgan fingerprint density at radius 3 is 2.27 bits per heavy atom. The van der Waals surface area contributed by atoms with Crippen LogP contribution in [-0.2, 0) is 4.79 Å². The van der Waals surface area contributed by atoms with E-state index in [4.69, 9.17) is 0 Å². The van der Waals surface area contributed by atoms with E-state index in [2.05, 4.69) is 16.0 Å². The van der Waals surface area contributed by atoms with Crippen LogP contribution >= 0.6 is 0 Å². The molecule has 0 saturated carbocycles. The van der Waals surface area contributed by atoms with Gasteiger partial charge in [-0.1, -0.05) is 25.1 Å². The average molecular weight is 353 g/mol. The summed E-state index contributed by atoms with van der Waals surface area (Å²) >= 11 is 0. The van der Waals surface area contributed by atoms with Gasteiger partial charge in [0.25, 0.3) is 5.91 Å². The summed E-state index contributed by atoms with van der Waals surface area (Å²) in [5.41, 5.74) is 2.33. The maximum atomic E-state index is 12.1. The first kappa shape index (κ1) is 19.2. The lowest BCUT2D eigenvalue weighted by Crippen LogP contribution is -2.24. The molecule has 2 aromatic rings. The van der Waals surface area contributed by atoms with E-state index in [1.807, 2.05) is 6.92 Å². The molecule has 2 amide bonds. The minimum absolute atomic E-state index is 0.0460. The molecule has 6 nitrogen and oxygen atoms in total. The van der Waals surface area contributed by atoms with Crippen molar-refractivity contribution in [3.05, 3.63) is 59.7 Å². The van der Waals surface area contributed by atoms with Gasteiger partial charge in [-0.2, -0.15) is 0 Å². The maximum absolute atomic E-state index is 12.1. The Labute approximate surface area is 153 Å². The van der Waals surface area contributed by atoms with E-state index >= 15 is 0 Å². The first-order chi connectivity index (χ1) is 12.5. The number of anilines is 2. The highest BCUT2D eigenvalue weighted by atomic mass is 16.2. The molecule has 0 radical (unpaired) electrons. The highest BCUT2D eigenvalue weighted by Gasteiger charge is 2.07. The van der Waals surface area contributed by atoms with Crippen LogP contribution in [0.5, 0.6) is 0 Å². The van der Waals surface area contributed by atoms with Crippen LogP contribution in [0.2, 0.25) is 0 Å². The largest absolute Gasteiger partial charge is 0.376 e. The fourth-order valence-corrected chi connectivity index (χ4v) is 2.31. The van der Waals surface area contributed by atoms with Crippen molar-refractivity contribution in [3.8, 4) is 0 Å². The van der Waals surface area contributed by atoms with Gasteiger partial charge in [0.15, 0.2) is 5.78 Å². The van der Waals surface area contributed by atoms with Crippen LogP contribution in [0.4, 0.5) is 11.4 Å². The van der Waals surface area contributed by atoms with Crippen molar-refractivity contribution in [1.29, 1.82) is 0 Å². The van der Waals surface area contributed by atoms with Crippen molar-refractivity contribution < 1.29 is 14.4 Å². The summed E-state index contributed by atoms with van der Waals surface area (Å²) in [6.45, 7) is 4.14. The Hall–Kier alpha value is -3.15. The number of hydrogen-bond acceptors (Lipinski definition) is 4. The first-order valence-electron chi connectivity index (χ1n) is 8.52. The van der Waals surface area contributed by atoms with Gasteiger partial charge in [-0.05, 0) is 43.7 Å². The molecular formula is C20H23N3O3. The van der Waals surface area contributed by atoms with Crippen molar-refractivity contribution in [2.75, 3.05) is 23.7 Å². The molecular weight excluding hydrogens is 330 g/mol. The van der Waals surface area contributed by atoms with E-state index in [0.717, 1.165) is 6.42 Å². The van der Waals surface area contributed by atoms with Crippen molar-refractivity contribution in [3.63, 3.8) is 0 Å². The number of nitrogens with one attached hydrogen (secondary N) is 3. The topological polar surface area (TPSA) is 87.3 Å². The van der Waals surface area contributed by atoms with Crippen LogP contribution < -0.4 is 16.0 Å². The van der Waals surface area contributed by atoms with Gasteiger partial charge in [0, 0.05) is 29.0 Å². The monoisotopic (exact) mass is 353 g/mol. The molecule has 6 heteroatoms. The summed E-state index contributed by atoms with van der Waals surface area (Å²) < 4.78 is 0. The van der Waals surface area contributed by atoms with Gasteiger partial charge in [-0.3, -0.25) is 14.4 Å². The summed E-state index contributed by atoms with van der Waals surface area (Å²) in [5, 5.41) is 8.55. The van der Waals surface area contributed by atoms with Crippen LogP contribution in [0.15, 0.2) is 48.5 Å². The van der Waals surface area contributed by atoms with Crippen LogP contribution in [0.1, 0.15) is 41.0 Å². The van der Waals surface area contributed by atoms with Gasteiger partial charge in [-0.25, -0.2) is 0 Å². The average Bonchev–Trinajstić information content (AvgIpc) is 2.65. The second-order valence-electron chi connectivity index (χ2n) is 5.88. The minimum Gasteiger partial charge on any atom is -0.376 e. The van der Waals surface area contributed by atoms with E-state index < -0.39 is 0 Å². The SMILES string of the molecule is CCCNC(=O)c1cccc(NCC(=O)Nc2cccc(C(C)=O)c2)c1. The third kappa shape index (κ3) is 5.73. The number of carbonyl (C=O) groups excluding carboxylic acids is 3. The molecule has 0 aliphatic heterocycles. The van der Waals surface area contributed by atoms with E-state index in [-0.39, 0.29) is 24.1 Å². The maximum Gasteiger partial charge on any atom is 0.251 e. The molecule has 3 N–H and O–H groups in total. The molecule has 0 aromatic heterocycles. The zero-order chi connectivity index (χ0) is 18.9. The summed E-state index contributed by atoms with van der Waals surface area (Å²) in [7, 11) is 0. The molecule has 0 spiro atoms. The van der Waals surface area contributed by atoms with Crippen LogP contribution in [0.3, 0.4) is 0 Å². The lowest BCUT2D eigenvalue weighted by molar-refractivity contribution is -0.114. The number of carbonyl (C=O) groups is 3. The Morgan fingerprint density at radius 1 is 0.923 bits per heavy atom. The van der Waals surface area contributed by atoms with Crippen molar-refractivity contribution in [2.24, 2.45) is 0 Å². The fraction of sp³-hybridized carbons (Fsp3) is 0.250. The number of hydrogen-bond donors (Lipinski definition) is 3. The highest BCUT2D eigenvalue weighted by molar-refractivity contribution is 5.98. The van der Waals surface area contributed by atoms with Crippen LogP contribution in [-0.4, -0.2) is 30.7 Å². The summed E-state index contributed by atoms with van der Waals surface area (Å²) in [4.78, 5) is 35.5. The fourth-order valence-electron chi connectivity index (χ4n) is 2.31. The molecule has 0 atom stereocenters. The molecule has 26 heavy (non-hydrogen) atoms. The van der Waals surface area contributed by atoms with Gasteiger partial charge in [0.1, 0.15) is 0 Å². The van der Waals surface area contributed by atoms with Crippen molar-refractivity contribution in [1.82, 2.24) is 5.32 Å². The highest BCUT2D eigenvalue weighted by Crippen LogP contribution is 2.12. The van der Waals surface area contributed by atoms with Crippen LogP contribution in [0, 0.1) is 0 Å². The van der Waals surface area contributed by atoms with Gasteiger partial charge >= 0.3 is 0 Å². The third-order valence-electron chi connectivity index (χ3n) is 3.67. The zero-order valence-corrected chi connectivity index (χ0v) is 15.0. The number of Topliss-reactive ketones (excluding diaryl/α,β-unsaturated/α-hetero) is 1. The van der Waals surface area contributed by atoms with Crippen molar-refractivity contribution >= 4 is 29.0 Å². The molecule has 0 fully saturated rings. The Balaban J connectivity index is 1.92. The van der Waals surface area contributed by atoms with E-state index in [1.54, 1.807) is 48.5 Å². The minimum atomic E-state index is -0.244. The number of ketones is 1. The lowest BCUT2D eigenvalue weighted by atomic mass is 10.1. The van der Waals surface area contributed by atoms with Gasteiger partial charge in [-0.15, -0.1) is 0 Å². The number of benzene rings is 2. The van der Waals surface area contributed by atoms with Crippen LogP contribution in [0.25, 0.3) is 0 Å². The molecule has 0 bridgehead atoms. The summed E-state index contributed by atoms with van der Waals surface area (Å²) in [5.74, 6) is -0.440. The predicted octanol–water partition coefficient (Wildman–Crippen LogP) is 3.08. The van der Waals surface area contributed by atoms with E-state index in [9.17, 15) is 14.4 Å². The standard InChI is InChI=1S/C20H23N3O3/c1-3-10-21-20(26)16-7-5-8-17(12-16)22-13-19(25)23-18-9-4-6-15(11-18)14(2)24/h4-9,11-12,22H,3,10,13H2,1-2H3,(H,21,26)(H,23,25).